The highest BCUT2D eigenvalue weighted by Crippen LogP contribution is 2.37. The summed E-state index contributed by atoms with van der Waals surface area (Å²) in [5.74, 6) is -3.51. The summed E-state index contributed by atoms with van der Waals surface area (Å²) in [6.07, 6.45) is -5.35. The molecule has 2 aliphatic rings. The number of hydrogen-bond donors (Lipinski definition) is 3. The van der Waals surface area contributed by atoms with Crippen LogP contribution in [0.4, 0.5) is 13.6 Å². The predicted molar refractivity (Wildman–Crippen MR) is 55.0 cm³/mol. The predicted octanol–water partition coefficient (Wildman–Crippen LogP) is -1.12. The zero-order chi connectivity index (χ0) is 13.5. The van der Waals surface area contributed by atoms with Gasteiger partial charge in [0.15, 0.2) is 12.3 Å². The monoisotopic (exact) mass is 265 g/mol. The van der Waals surface area contributed by atoms with Crippen molar-refractivity contribution in [1.82, 2.24) is 4.90 Å². The van der Waals surface area contributed by atoms with Gasteiger partial charge in [-0.3, -0.25) is 4.90 Å². The summed E-state index contributed by atoms with van der Waals surface area (Å²) in [6.45, 7) is -0.919. The second-order valence-electron chi connectivity index (χ2n) is 4.15. The lowest BCUT2D eigenvalue weighted by Gasteiger charge is -2.30. The van der Waals surface area contributed by atoms with E-state index in [0.29, 0.717) is 0 Å². The topological polar surface area (TPSA) is 108 Å². The lowest BCUT2D eigenvalue weighted by atomic mass is 10.1. The zero-order valence-electron chi connectivity index (χ0n) is 9.29. The van der Waals surface area contributed by atoms with Crippen molar-refractivity contribution in [3.8, 4) is 0 Å². The van der Waals surface area contributed by atoms with E-state index in [1.54, 1.807) is 0 Å². The summed E-state index contributed by atoms with van der Waals surface area (Å²) in [6, 6.07) is -0.836. The Morgan fingerprint density at radius 1 is 1.61 bits per heavy atom. The molecule has 0 saturated carbocycles. The van der Waals surface area contributed by atoms with Crippen molar-refractivity contribution in [2.24, 2.45) is 10.7 Å². The van der Waals surface area contributed by atoms with E-state index in [1.165, 1.54) is 0 Å². The van der Waals surface area contributed by atoms with Gasteiger partial charge in [-0.15, -0.1) is 0 Å². The van der Waals surface area contributed by atoms with Crippen LogP contribution in [-0.2, 0) is 4.74 Å². The molecule has 0 radical (unpaired) electrons. The molecule has 0 aromatic carbocycles. The number of hydrogen-bond acceptors (Lipinski definition) is 5. The van der Waals surface area contributed by atoms with Gasteiger partial charge < -0.3 is 20.7 Å². The summed E-state index contributed by atoms with van der Waals surface area (Å²) < 4.78 is 31.8. The third-order valence-corrected chi connectivity index (χ3v) is 2.96. The number of carbonyl (C=O) groups excluding carboxylic acids is 1. The fraction of sp³-hybridized carbons (Fsp3) is 0.778. The second kappa shape index (κ2) is 4.41. The Bertz CT molecular complexity index is 390. The largest absolute Gasteiger partial charge is 0.393 e. The Kier molecular flexibility index (Phi) is 3.21. The van der Waals surface area contributed by atoms with Crippen molar-refractivity contribution < 1.29 is 28.5 Å². The van der Waals surface area contributed by atoms with Crippen molar-refractivity contribution in [1.29, 1.82) is 0 Å². The molecule has 102 valence electrons. The molecule has 4 N–H and O–H groups in total. The number of carbonyl (C=O) groups is 1. The van der Waals surface area contributed by atoms with E-state index in [9.17, 15) is 18.7 Å². The lowest BCUT2D eigenvalue weighted by Crippen LogP contribution is -2.51. The van der Waals surface area contributed by atoms with Crippen LogP contribution in [0.5, 0.6) is 0 Å². The number of aliphatic hydroxyl groups excluding tert-OH is 2. The van der Waals surface area contributed by atoms with Gasteiger partial charge in [0.1, 0.15) is 11.9 Å². The maximum Gasteiger partial charge on any atom is 0.347 e. The van der Waals surface area contributed by atoms with E-state index >= 15 is 0 Å². The first-order valence-electron chi connectivity index (χ1n) is 5.33. The van der Waals surface area contributed by atoms with Gasteiger partial charge in [-0.05, 0) is 0 Å². The molecule has 7 nitrogen and oxygen atoms in total. The number of nitrogens with zero attached hydrogens (tertiary/aromatic N) is 2. The average Bonchev–Trinajstić information content (AvgIpc) is 2.52. The number of amides is 2. The Labute approximate surface area is 101 Å². The first-order valence-corrected chi connectivity index (χ1v) is 5.33. The van der Waals surface area contributed by atoms with Crippen molar-refractivity contribution in [3.05, 3.63) is 0 Å². The number of ether oxygens (including phenoxy) is 1. The molecule has 2 amide bonds. The normalized spacial score (nSPS) is 35.8. The molecular formula is C9H13F2N3O4. The molecule has 9 heteroatoms. The maximum absolute atomic E-state index is 13.5. The summed E-state index contributed by atoms with van der Waals surface area (Å²) in [7, 11) is 0. The van der Waals surface area contributed by atoms with Gasteiger partial charge in [0.05, 0.1) is 6.61 Å². The first-order chi connectivity index (χ1) is 8.37. The van der Waals surface area contributed by atoms with Crippen LogP contribution in [0.2, 0.25) is 0 Å². The van der Waals surface area contributed by atoms with Crippen molar-refractivity contribution >= 4 is 11.9 Å². The molecule has 0 unspecified atom stereocenters. The van der Waals surface area contributed by atoms with Crippen LogP contribution in [0.15, 0.2) is 4.99 Å². The van der Waals surface area contributed by atoms with Crippen LogP contribution < -0.4 is 5.73 Å². The number of nitrogens with two attached hydrogens (primary N) is 1. The molecule has 2 heterocycles. The summed E-state index contributed by atoms with van der Waals surface area (Å²) in [5, 5.41) is 18.3. The number of halogens is 2. The van der Waals surface area contributed by atoms with E-state index in [0.717, 1.165) is 4.90 Å². The number of aliphatic imine (C=N–C) groups is 1. The van der Waals surface area contributed by atoms with Crippen molar-refractivity contribution in [3.63, 3.8) is 0 Å². The molecule has 0 aromatic rings. The van der Waals surface area contributed by atoms with Gasteiger partial charge in [0, 0.05) is 13.0 Å². The van der Waals surface area contributed by atoms with Gasteiger partial charge in [-0.1, -0.05) is 0 Å². The van der Waals surface area contributed by atoms with Crippen LogP contribution in [0.25, 0.3) is 0 Å². The number of amidine groups is 1. The smallest absolute Gasteiger partial charge is 0.347 e. The molecular weight excluding hydrogens is 252 g/mol. The summed E-state index contributed by atoms with van der Waals surface area (Å²) in [4.78, 5) is 15.8. The van der Waals surface area contributed by atoms with Crippen LogP contribution in [0, 0.1) is 0 Å². The molecule has 0 bridgehead atoms. The number of rotatable bonds is 2. The lowest BCUT2D eigenvalue weighted by molar-refractivity contribution is -0.123. The summed E-state index contributed by atoms with van der Waals surface area (Å²) >= 11 is 0. The Morgan fingerprint density at radius 2 is 2.28 bits per heavy atom. The molecule has 0 aliphatic carbocycles. The molecule has 3 atom stereocenters. The average molecular weight is 265 g/mol. The van der Waals surface area contributed by atoms with Gasteiger partial charge in [0.2, 0.25) is 0 Å². The standard InChI is InChI=1S/C9H13F2N3O4/c10-9(11)4(3-15)18-7(6(9)16)14-2-1-5(12)13-8(14)17/h4,6-7,15-16H,1-3H2,(H2,12,13,17)/t4-,6-,7+/m1/s1. The molecule has 0 spiro atoms. The van der Waals surface area contributed by atoms with Crippen molar-refractivity contribution in [2.75, 3.05) is 13.2 Å². The van der Waals surface area contributed by atoms with Crippen LogP contribution in [-0.4, -0.2) is 64.5 Å². The Balaban J connectivity index is 2.18. The maximum atomic E-state index is 13.5. The Hall–Kier alpha value is -1.32. The Morgan fingerprint density at radius 3 is 2.78 bits per heavy atom. The minimum absolute atomic E-state index is 0.0319. The SMILES string of the molecule is NC1=NC(=O)N([C@H]2O[C@H](CO)C(F)(F)[C@@H]2O)CC1. The van der Waals surface area contributed by atoms with Gasteiger partial charge in [0.25, 0.3) is 0 Å². The minimum Gasteiger partial charge on any atom is -0.393 e. The van der Waals surface area contributed by atoms with E-state index in [2.05, 4.69) is 4.99 Å². The molecule has 2 aliphatic heterocycles. The van der Waals surface area contributed by atoms with Crippen LogP contribution in [0.3, 0.4) is 0 Å². The van der Waals surface area contributed by atoms with E-state index in [-0.39, 0.29) is 18.8 Å². The van der Waals surface area contributed by atoms with E-state index in [1.807, 2.05) is 0 Å². The fourth-order valence-corrected chi connectivity index (χ4v) is 1.93. The van der Waals surface area contributed by atoms with Gasteiger partial charge >= 0.3 is 12.0 Å². The molecule has 1 fully saturated rings. The quantitative estimate of drug-likeness (QED) is 0.586. The van der Waals surface area contributed by atoms with Gasteiger partial charge in [-0.25, -0.2) is 13.6 Å². The second-order valence-corrected chi connectivity index (χ2v) is 4.15. The van der Waals surface area contributed by atoms with Crippen LogP contribution in [0.1, 0.15) is 6.42 Å². The van der Waals surface area contributed by atoms with E-state index < -0.39 is 37.0 Å². The highest BCUT2D eigenvalue weighted by molar-refractivity contribution is 5.95. The number of urea groups is 1. The van der Waals surface area contributed by atoms with E-state index in [4.69, 9.17) is 15.6 Å². The molecule has 1 saturated heterocycles. The highest BCUT2D eigenvalue weighted by Gasteiger charge is 2.60. The molecule has 0 aromatic heterocycles. The minimum atomic E-state index is -3.62. The third kappa shape index (κ3) is 1.93. The summed E-state index contributed by atoms with van der Waals surface area (Å²) in [5.41, 5.74) is 5.34. The number of alkyl halides is 2. The van der Waals surface area contributed by atoms with Crippen molar-refractivity contribution in [2.45, 2.75) is 30.8 Å². The highest BCUT2D eigenvalue weighted by atomic mass is 19.3. The fourth-order valence-electron chi connectivity index (χ4n) is 1.93. The molecule has 2 rings (SSSR count). The zero-order valence-corrected chi connectivity index (χ0v) is 9.29. The van der Waals surface area contributed by atoms with Crippen LogP contribution >= 0.6 is 0 Å². The number of aliphatic hydroxyl groups is 2. The molecule has 18 heavy (non-hydrogen) atoms. The third-order valence-electron chi connectivity index (χ3n) is 2.96. The van der Waals surface area contributed by atoms with Gasteiger partial charge in [-0.2, -0.15) is 4.99 Å². The first kappa shape index (κ1) is 13.1.